The molecular weight excluding hydrogens is 296 g/mol. The molecule has 0 amide bonds. The maximum Gasteiger partial charge on any atom is 0.293 e. The molecule has 0 aliphatic carbocycles. The molecule has 0 unspecified atom stereocenters. The maximum absolute atomic E-state index is 12.4. The van der Waals surface area contributed by atoms with Crippen LogP contribution in [-0.2, 0) is 11.3 Å². The van der Waals surface area contributed by atoms with Crippen molar-refractivity contribution >= 4 is 5.82 Å². The Morgan fingerprint density at radius 1 is 1.52 bits per heavy atom. The van der Waals surface area contributed by atoms with E-state index in [1.54, 1.807) is 17.0 Å². The van der Waals surface area contributed by atoms with Crippen LogP contribution >= 0.6 is 0 Å². The van der Waals surface area contributed by atoms with Crippen LogP contribution in [0.4, 0.5) is 5.82 Å². The number of aromatic nitrogens is 5. The molecule has 2 aromatic rings. The summed E-state index contributed by atoms with van der Waals surface area (Å²) < 4.78 is 7.49. The summed E-state index contributed by atoms with van der Waals surface area (Å²) in [6.07, 6.45) is 4.19. The minimum Gasteiger partial charge on any atom is -0.376 e. The fraction of sp³-hybridized carbons (Fsp3) is 0.600. The van der Waals surface area contributed by atoms with Crippen LogP contribution in [0, 0.1) is 6.92 Å². The lowest BCUT2D eigenvalue weighted by Crippen LogP contribution is -2.37. The van der Waals surface area contributed by atoms with Crippen molar-refractivity contribution < 1.29 is 4.74 Å². The van der Waals surface area contributed by atoms with Gasteiger partial charge in [-0.05, 0) is 20.3 Å². The number of hydrogen-bond donors (Lipinski definition) is 1. The Morgan fingerprint density at radius 2 is 2.35 bits per heavy atom. The summed E-state index contributed by atoms with van der Waals surface area (Å²) in [6, 6.07) is 0. The maximum atomic E-state index is 12.4. The molecule has 8 heteroatoms. The first kappa shape index (κ1) is 15.7. The van der Waals surface area contributed by atoms with Crippen molar-refractivity contribution in [2.45, 2.75) is 38.8 Å². The highest BCUT2D eigenvalue weighted by atomic mass is 16.5. The smallest absolute Gasteiger partial charge is 0.293 e. The Morgan fingerprint density at radius 3 is 3.04 bits per heavy atom. The van der Waals surface area contributed by atoms with Crippen molar-refractivity contribution in [2.24, 2.45) is 0 Å². The van der Waals surface area contributed by atoms with Crippen molar-refractivity contribution in [1.29, 1.82) is 0 Å². The van der Waals surface area contributed by atoms with Crippen molar-refractivity contribution in [3.63, 3.8) is 0 Å². The molecule has 1 fully saturated rings. The second-order valence-electron chi connectivity index (χ2n) is 5.81. The number of aryl methyl sites for hydroxylation is 2. The number of nitrogens with zero attached hydrogens (tertiary/aromatic N) is 5. The van der Waals surface area contributed by atoms with Gasteiger partial charge in [0, 0.05) is 39.1 Å². The monoisotopic (exact) mass is 318 g/mol. The summed E-state index contributed by atoms with van der Waals surface area (Å²) in [4.78, 5) is 22.9. The minimum absolute atomic E-state index is 0.0494. The van der Waals surface area contributed by atoms with Gasteiger partial charge in [-0.1, -0.05) is 0 Å². The number of H-pyrrole nitrogens is 1. The van der Waals surface area contributed by atoms with E-state index in [9.17, 15) is 4.79 Å². The van der Waals surface area contributed by atoms with Crippen LogP contribution in [0.1, 0.15) is 30.9 Å². The topological polar surface area (TPSA) is 88.9 Å². The molecule has 2 aromatic heterocycles. The number of aromatic amines is 1. The molecule has 0 bridgehead atoms. The van der Waals surface area contributed by atoms with Crippen LogP contribution in [-0.4, -0.2) is 51.0 Å². The summed E-state index contributed by atoms with van der Waals surface area (Å²) in [5, 5.41) is 7.14. The second-order valence-corrected chi connectivity index (χ2v) is 5.81. The molecule has 23 heavy (non-hydrogen) atoms. The van der Waals surface area contributed by atoms with Crippen molar-refractivity contribution in [1.82, 2.24) is 24.7 Å². The summed E-state index contributed by atoms with van der Waals surface area (Å²) in [6.45, 7) is 5.70. The molecule has 1 N–H and O–H groups in total. The lowest BCUT2D eigenvalue weighted by molar-refractivity contribution is 0.108. The Hall–Kier alpha value is -2.22. The Balaban J connectivity index is 1.77. The average Bonchev–Trinajstić information content (AvgIpc) is 3.16. The van der Waals surface area contributed by atoms with Gasteiger partial charge in [0.2, 0.25) is 0 Å². The third-order valence-corrected chi connectivity index (χ3v) is 4.21. The molecule has 3 rings (SSSR count). The van der Waals surface area contributed by atoms with Gasteiger partial charge < -0.3 is 14.2 Å². The van der Waals surface area contributed by atoms with E-state index in [0.29, 0.717) is 25.5 Å². The summed E-state index contributed by atoms with van der Waals surface area (Å²) in [5.74, 6) is 2.16. The van der Waals surface area contributed by atoms with E-state index in [1.807, 2.05) is 25.8 Å². The van der Waals surface area contributed by atoms with Crippen LogP contribution in [0.25, 0.3) is 0 Å². The van der Waals surface area contributed by atoms with Crippen LogP contribution in [0.2, 0.25) is 0 Å². The zero-order chi connectivity index (χ0) is 16.4. The Bertz CT molecular complexity index is 725. The van der Waals surface area contributed by atoms with Gasteiger partial charge >= 0.3 is 0 Å². The average molecular weight is 318 g/mol. The summed E-state index contributed by atoms with van der Waals surface area (Å²) in [5.41, 5.74) is -0.0826. The molecule has 0 aromatic carbocycles. The van der Waals surface area contributed by atoms with E-state index in [1.165, 1.54) is 0 Å². The fourth-order valence-corrected chi connectivity index (χ4v) is 2.95. The van der Waals surface area contributed by atoms with Gasteiger partial charge in [-0.15, -0.1) is 0 Å². The van der Waals surface area contributed by atoms with Gasteiger partial charge in [0.25, 0.3) is 5.56 Å². The Labute approximate surface area is 134 Å². The predicted molar refractivity (Wildman–Crippen MR) is 85.7 cm³/mol. The standard InChI is InChI=1S/C15H22N6O2/c1-4-21-7-6-16-14(15(21)22)20(3)9-12-11(5-8-23-12)13-17-10(2)18-19-13/h6-7,11-12H,4-5,8-9H2,1-3H3,(H,17,18,19)/t11-,12-/m1/s1. The molecule has 8 nitrogen and oxygen atoms in total. The lowest BCUT2D eigenvalue weighted by atomic mass is 10.0. The molecule has 2 atom stereocenters. The predicted octanol–water partition coefficient (Wildman–Crippen LogP) is 0.699. The third kappa shape index (κ3) is 3.12. The largest absolute Gasteiger partial charge is 0.376 e. The van der Waals surface area contributed by atoms with Crippen LogP contribution in [0.5, 0.6) is 0 Å². The highest BCUT2D eigenvalue weighted by Crippen LogP contribution is 2.29. The van der Waals surface area contributed by atoms with E-state index in [4.69, 9.17) is 4.74 Å². The van der Waals surface area contributed by atoms with Gasteiger partial charge in [0.15, 0.2) is 11.6 Å². The van der Waals surface area contributed by atoms with Gasteiger partial charge in [-0.3, -0.25) is 9.89 Å². The zero-order valence-electron chi connectivity index (χ0n) is 13.7. The number of hydrogen-bond acceptors (Lipinski definition) is 6. The van der Waals surface area contributed by atoms with Crippen molar-refractivity contribution in [3.8, 4) is 0 Å². The summed E-state index contributed by atoms with van der Waals surface area (Å²) >= 11 is 0. The normalized spacial score (nSPS) is 20.8. The van der Waals surface area contributed by atoms with E-state index < -0.39 is 0 Å². The number of anilines is 1. The van der Waals surface area contributed by atoms with Crippen LogP contribution < -0.4 is 10.5 Å². The first-order chi connectivity index (χ1) is 11.1. The lowest BCUT2D eigenvalue weighted by Gasteiger charge is -2.24. The molecule has 1 saturated heterocycles. The molecule has 1 aliphatic rings. The van der Waals surface area contributed by atoms with E-state index in [-0.39, 0.29) is 17.6 Å². The minimum atomic E-state index is -0.0826. The van der Waals surface area contributed by atoms with Crippen LogP contribution in [0.3, 0.4) is 0 Å². The van der Waals surface area contributed by atoms with Gasteiger partial charge in [-0.2, -0.15) is 5.10 Å². The number of ether oxygens (including phenoxy) is 1. The molecule has 124 valence electrons. The number of nitrogens with one attached hydrogen (secondary N) is 1. The highest BCUT2D eigenvalue weighted by Gasteiger charge is 2.33. The second kappa shape index (κ2) is 6.49. The van der Waals surface area contributed by atoms with Gasteiger partial charge in [0.05, 0.1) is 12.0 Å². The summed E-state index contributed by atoms with van der Waals surface area (Å²) in [7, 11) is 1.87. The third-order valence-electron chi connectivity index (χ3n) is 4.21. The van der Waals surface area contributed by atoms with Crippen LogP contribution in [0.15, 0.2) is 17.2 Å². The molecule has 1 aliphatic heterocycles. The molecule has 0 saturated carbocycles. The number of rotatable bonds is 5. The van der Waals surface area contributed by atoms with Gasteiger partial charge in [0.1, 0.15) is 5.82 Å². The first-order valence-corrected chi connectivity index (χ1v) is 7.87. The quantitative estimate of drug-likeness (QED) is 0.873. The SMILES string of the molecule is CCn1ccnc(N(C)C[C@H]2OCC[C@H]2c2n[nH]c(C)n2)c1=O. The molecular formula is C15H22N6O2. The van der Waals surface area contributed by atoms with E-state index in [0.717, 1.165) is 18.1 Å². The Kier molecular flexibility index (Phi) is 4.42. The van der Waals surface area contributed by atoms with E-state index >= 15 is 0 Å². The van der Waals surface area contributed by atoms with Crippen molar-refractivity contribution in [3.05, 3.63) is 34.4 Å². The first-order valence-electron chi connectivity index (χ1n) is 7.87. The molecule has 0 spiro atoms. The highest BCUT2D eigenvalue weighted by molar-refractivity contribution is 5.34. The number of likely N-dealkylation sites (N-methyl/N-ethyl adjacent to an activating group) is 1. The van der Waals surface area contributed by atoms with Gasteiger partial charge in [-0.25, -0.2) is 9.97 Å². The van der Waals surface area contributed by atoms with Crippen molar-refractivity contribution in [2.75, 3.05) is 25.1 Å². The molecule has 0 radical (unpaired) electrons. The van der Waals surface area contributed by atoms with E-state index in [2.05, 4.69) is 20.2 Å². The fourth-order valence-electron chi connectivity index (χ4n) is 2.95. The zero-order valence-corrected chi connectivity index (χ0v) is 13.7. The molecule has 3 heterocycles.